The van der Waals surface area contributed by atoms with Crippen molar-refractivity contribution in [2.24, 2.45) is 0 Å². The summed E-state index contributed by atoms with van der Waals surface area (Å²) in [5.41, 5.74) is 7.84. The summed E-state index contributed by atoms with van der Waals surface area (Å²) in [6.07, 6.45) is 1.62. The van der Waals surface area contributed by atoms with Crippen LogP contribution in [0.25, 0.3) is 45.0 Å². The standard InChI is InChI=1S/C16H11ClN2.C16H12N2/c17-16-18-14(12-7-3-1-4-8-12)11-15(19-16)13-9-5-2-6-10-13;1-3-7-13(8-4-1)15-11-16(18-12-17-15)14-9-5-2-6-10-14/h1-11H;1-12H. The van der Waals surface area contributed by atoms with E-state index in [0.29, 0.717) is 0 Å². The summed E-state index contributed by atoms with van der Waals surface area (Å²) in [5, 5.41) is 0.264. The molecule has 0 N–H and O–H groups in total. The number of benzene rings is 4. The minimum Gasteiger partial charge on any atom is -0.236 e. The van der Waals surface area contributed by atoms with Gasteiger partial charge in [-0.05, 0) is 23.7 Å². The van der Waals surface area contributed by atoms with Crippen molar-refractivity contribution in [3.05, 3.63) is 145 Å². The van der Waals surface area contributed by atoms with Crippen LogP contribution in [0.5, 0.6) is 0 Å². The molecule has 0 aliphatic carbocycles. The van der Waals surface area contributed by atoms with Gasteiger partial charge in [-0.25, -0.2) is 19.9 Å². The second-order valence-corrected chi connectivity index (χ2v) is 8.50. The zero-order valence-electron chi connectivity index (χ0n) is 19.9. The van der Waals surface area contributed by atoms with Crippen LogP contribution in [0.4, 0.5) is 0 Å². The Morgan fingerprint density at radius 3 is 1.03 bits per heavy atom. The maximum absolute atomic E-state index is 6.03. The van der Waals surface area contributed by atoms with Gasteiger partial charge >= 0.3 is 0 Å². The summed E-state index contributed by atoms with van der Waals surface area (Å²) in [6.45, 7) is 0. The maximum atomic E-state index is 6.03. The monoisotopic (exact) mass is 498 g/mol. The lowest BCUT2D eigenvalue weighted by Crippen LogP contribution is -1.91. The Balaban J connectivity index is 0.000000152. The van der Waals surface area contributed by atoms with E-state index in [0.717, 1.165) is 45.0 Å². The Hall–Kier alpha value is -4.67. The van der Waals surface area contributed by atoms with Crippen molar-refractivity contribution in [3.63, 3.8) is 0 Å². The highest BCUT2D eigenvalue weighted by atomic mass is 35.5. The van der Waals surface area contributed by atoms with E-state index in [1.165, 1.54) is 0 Å². The van der Waals surface area contributed by atoms with E-state index in [-0.39, 0.29) is 5.28 Å². The first-order chi connectivity index (χ1) is 18.3. The predicted octanol–water partition coefficient (Wildman–Crippen LogP) is 8.27. The normalized spacial score (nSPS) is 10.3. The fraction of sp³-hybridized carbons (Fsp3) is 0. The number of halogens is 1. The van der Waals surface area contributed by atoms with Gasteiger partial charge in [0.2, 0.25) is 5.28 Å². The van der Waals surface area contributed by atoms with E-state index in [1.54, 1.807) is 6.33 Å². The van der Waals surface area contributed by atoms with Crippen LogP contribution in [-0.4, -0.2) is 19.9 Å². The summed E-state index contributed by atoms with van der Waals surface area (Å²) >= 11 is 6.03. The largest absolute Gasteiger partial charge is 0.236 e. The number of hydrogen-bond donors (Lipinski definition) is 0. The highest BCUT2D eigenvalue weighted by Gasteiger charge is 2.07. The van der Waals surface area contributed by atoms with Crippen molar-refractivity contribution < 1.29 is 0 Å². The number of nitrogens with zero attached hydrogens (tertiary/aromatic N) is 4. The molecule has 6 rings (SSSR count). The Kier molecular flexibility index (Phi) is 7.70. The number of aromatic nitrogens is 4. The fourth-order valence-corrected chi connectivity index (χ4v) is 4.00. The van der Waals surface area contributed by atoms with Crippen molar-refractivity contribution in [2.75, 3.05) is 0 Å². The molecular weight excluding hydrogens is 476 g/mol. The van der Waals surface area contributed by atoms with Crippen molar-refractivity contribution in [1.29, 1.82) is 0 Å². The minimum atomic E-state index is 0.264. The highest BCUT2D eigenvalue weighted by Crippen LogP contribution is 2.25. The van der Waals surface area contributed by atoms with Crippen LogP contribution in [0, 0.1) is 0 Å². The van der Waals surface area contributed by atoms with E-state index in [4.69, 9.17) is 11.6 Å². The highest BCUT2D eigenvalue weighted by molar-refractivity contribution is 6.28. The lowest BCUT2D eigenvalue weighted by atomic mass is 10.1. The SMILES string of the molecule is Clc1nc(-c2ccccc2)cc(-c2ccccc2)n1.c1ccc(-c2cc(-c3ccccc3)ncn2)cc1. The van der Waals surface area contributed by atoms with E-state index in [1.807, 2.05) is 109 Å². The molecule has 0 atom stereocenters. The molecule has 4 nitrogen and oxygen atoms in total. The molecule has 0 fully saturated rings. The van der Waals surface area contributed by atoms with E-state index >= 15 is 0 Å². The Labute approximate surface area is 221 Å². The Morgan fingerprint density at radius 2 is 0.676 bits per heavy atom. The summed E-state index contributed by atoms with van der Waals surface area (Å²) in [7, 11) is 0. The molecule has 5 heteroatoms. The van der Waals surface area contributed by atoms with Crippen molar-refractivity contribution in [2.45, 2.75) is 0 Å². The lowest BCUT2D eigenvalue weighted by Gasteiger charge is -2.05. The molecule has 2 heterocycles. The number of hydrogen-bond acceptors (Lipinski definition) is 4. The summed E-state index contributed by atoms with van der Waals surface area (Å²) in [5.74, 6) is 0. The molecule has 0 aliphatic rings. The van der Waals surface area contributed by atoms with Gasteiger partial charge in [-0.15, -0.1) is 0 Å². The topological polar surface area (TPSA) is 51.6 Å². The third-order valence-corrected chi connectivity index (χ3v) is 5.81. The van der Waals surface area contributed by atoms with Crippen molar-refractivity contribution >= 4 is 11.6 Å². The fourth-order valence-electron chi connectivity index (χ4n) is 3.82. The van der Waals surface area contributed by atoms with Gasteiger partial charge in [0, 0.05) is 22.3 Å². The first-order valence-electron chi connectivity index (χ1n) is 11.8. The quantitative estimate of drug-likeness (QED) is 0.229. The second kappa shape index (κ2) is 11.8. The van der Waals surface area contributed by atoms with Crippen LogP contribution in [0.15, 0.2) is 140 Å². The molecule has 178 valence electrons. The molecule has 0 spiro atoms. The van der Waals surface area contributed by atoms with Gasteiger partial charge in [0.25, 0.3) is 0 Å². The molecule has 0 saturated carbocycles. The molecule has 37 heavy (non-hydrogen) atoms. The molecule has 0 bridgehead atoms. The van der Waals surface area contributed by atoms with E-state index < -0.39 is 0 Å². The lowest BCUT2D eigenvalue weighted by molar-refractivity contribution is 1.18. The molecule has 6 aromatic rings. The van der Waals surface area contributed by atoms with Gasteiger partial charge in [0.1, 0.15) is 6.33 Å². The minimum absolute atomic E-state index is 0.264. The van der Waals surface area contributed by atoms with Gasteiger partial charge in [-0.1, -0.05) is 121 Å². The number of rotatable bonds is 4. The van der Waals surface area contributed by atoms with E-state index in [2.05, 4.69) is 44.2 Å². The van der Waals surface area contributed by atoms with Gasteiger partial charge in [0.15, 0.2) is 0 Å². The summed E-state index contributed by atoms with van der Waals surface area (Å²) in [4.78, 5) is 17.2. The van der Waals surface area contributed by atoms with Crippen LogP contribution in [0.2, 0.25) is 5.28 Å². The van der Waals surface area contributed by atoms with Crippen molar-refractivity contribution in [1.82, 2.24) is 19.9 Å². The second-order valence-electron chi connectivity index (χ2n) is 8.16. The zero-order chi connectivity index (χ0) is 25.3. The van der Waals surface area contributed by atoms with E-state index in [9.17, 15) is 0 Å². The molecule has 0 radical (unpaired) electrons. The third kappa shape index (κ3) is 6.31. The van der Waals surface area contributed by atoms with Gasteiger partial charge < -0.3 is 0 Å². The molecular formula is C32H23ClN4. The zero-order valence-corrected chi connectivity index (χ0v) is 20.7. The van der Waals surface area contributed by atoms with Gasteiger partial charge in [-0.2, -0.15) is 0 Å². The Bertz CT molecular complexity index is 1450. The van der Waals surface area contributed by atoms with Gasteiger partial charge in [-0.3, -0.25) is 0 Å². The average molecular weight is 499 g/mol. The van der Waals surface area contributed by atoms with Crippen molar-refractivity contribution in [3.8, 4) is 45.0 Å². The molecule has 0 unspecified atom stereocenters. The van der Waals surface area contributed by atoms with Crippen LogP contribution in [-0.2, 0) is 0 Å². The Morgan fingerprint density at radius 1 is 0.378 bits per heavy atom. The summed E-state index contributed by atoms with van der Waals surface area (Å²) in [6, 6.07) is 44.1. The molecule has 0 amide bonds. The smallest absolute Gasteiger partial charge is 0.223 e. The first-order valence-corrected chi connectivity index (χ1v) is 12.2. The van der Waals surface area contributed by atoms with Crippen LogP contribution < -0.4 is 0 Å². The molecule has 2 aromatic heterocycles. The first kappa shape index (κ1) is 24.0. The third-order valence-electron chi connectivity index (χ3n) is 5.64. The predicted molar refractivity (Wildman–Crippen MR) is 151 cm³/mol. The van der Waals surface area contributed by atoms with Gasteiger partial charge in [0.05, 0.1) is 22.8 Å². The van der Waals surface area contributed by atoms with Crippen LogP contribution in [0.1, 0.15) is 0 Å². The van der Waals surface area contributed by atoms with Crippen LogP contribution >= 0.6 is 11.6 Å². The molecule has 0 aliphatic heterocycles. The summed E-state index contributed by atoms with van der Waals surface area (Å²) < 4.78 is 0. The molecule has 4 aromatic carbocycles. The molecule has 0 saturated heterocycles. The average Bonchev–Trinajstić information content (AvgIpc) is 2.99. The maximum Gasteiger partial charge on any atom is 0.223 e. The van der Waals surface area contributed by atoms with Crippen LogP contribution in [0.3, 0.4) is 0 Å².